The first-order valence-electron chi connectivity index (χ1n) is 5.48. The predicted octanol–water partition coefficient (Wildman–Crippen LogP) is 1.42. The average Bonchev–Trinajstić information content (AvgIpc) is 2.37. The SMILES string of the molecule is Cc1cnccc1CNC(=O)c1cncc(O)c1. The normalized spacial score (nSPS) is 10.1. The average molecular weight is 243 g/mol. The Hall–Kier alpha value is -2.43. The van der Waals surface area contributed by atoms with Crippen LogP contribution in [0.3, 0.4) is 0 Å². The molecule has 2 heterocycles. The molecule has 0 aliphatic carbocycles. The van der Waals surface area contributed by atoms with Gasteiger partial charge in [-0.2, -0.15) is 0 Å². The zero-order chi connectivity index (χ0) is 13.0. The van der Waals surface area contributed by atoms with Crippen molar-refractivity contribution in [3.63, 3.8) is 0 Å². The number of rotatable bonds is 3. The molecule has 1 amide bonds. The molecule has 0 fully saturated rings. The van der Waals surface area contributed by atoms with E-state index in [9.17, 15) is 9.90 Å². The van der Waals surface area contributed by atoms with E-state index in [0.29, 0.717) is 12.1 Å². The van der Waals surface area contributed by atoms with Crippen LogP contribution in [0.2, 0.25) is 0 Å². The van der Waals surface area contributed by atoms with Crippen LogP contribution < -0.4 is 5.32 Å². The Labute approximate surface area is 105 Å². The second kappa shape index (κ2) is 5.27. The van der Waals surface area contributed by atoms with Crippen LogP contribution >= 0.6 is 0 Å². The number of carbonyl (C=O) groups is 1. The second-order valence-electron chi connectivity index (χ2n) is 3.92. The zero-order valence-corrected chi connectivity index (χ0v) is 9.92. The molecule has 0 saturated heterocycles. The van der Waals surface area contributed by atoms with Gasteiger partial charge >= 0.3 is 0 Å². The Balaban J connectivity index is 2.03. The quantitative estimate of drug-likeness (QED) is 0.855. The van der Waals surface area contributed by atoms with Gasteiger partial charge in [-0.05, 0) is 30.2 Å². The number of amides is 1. The van der Waals surface area contributed by atoms with E-state index in [1.807, 2.05) is 13.0 Å². The van der Waals surface area contributed by atoms with Crippen LogP contribution in [-0.4, -0.2) is 21.0 Å². The summed E-state index contributed by atoms with van der Waals surface area (Å²) in [6.45, 7) is 2.35. The van der Waals surface area contributed by atoms with Gasteiger partial charge in [0.1, 0.15) is 5.75 Å². The molecule has 0 aliphatic rings. The third-order valence-electron chi connectivity index (χ3n) is 2.56. The molecule has 5 heteroatoms. The summed E-state index contributed by atoms with van der Waals surface area (Å²) in [6.07, 6.45) is 6.13. The van der Waals surface area contributed by atoms with Crippen molar-refractivity contribution < 1.29 is 9.90 Å². The molecule has 18 heavy (non-hydrogen) atoms. The summed E-state index contributed by atoms with van der Waals surface area (Å²) in [6, 6.07) is 3.23. The topological polar surface area (TPSA) is 75.1 Å². The molecular formula is C13H13N3O2. The molecule has 0 unspecified atom stereocenters. The van der Waals surface area contributed by atoms with Crippen molar-refractivity contribution in [2.75, 3.05) is 0 Å². The number of nitrogens with zero attached hydrogens (tertiary/aromatic N) is 2. The van der Waals surface area contributed by atoms with E-state index in [-0.39, 0.29) is 11.7 Å². The largest absolute Gasteiger partial charge is 0.506 e. The molecule has 2 rings (SSSR count). The van der Waals surface area contributed by atoms with Gasteiger partial charge in [0.15, 0.2) is 0 Å². The maximum atomic E-state index is 11.8. The van der Waals surface area contributed by atoms with Crippen molar-refractivity contribution in [3.05, 3.63) is 53.6 Å². The first-order chi connectivity index (χ1) is 8.66. The van der Waals surface area contributed by atoms with Crippen LogP contribution in [0.15, 0.2) is 36.9 Å². The van der Waals surface area contributed by atoms with E-state index in [2.05, 4.69) is 15.3 Å². The van der Waals surface area contributed by atoms with Gasteiger partial charge in [0, 0.05) is 25.1 Å². The standard InChI is InChI=1S/C13H13N3O2/c1-9-5-14-3-2-10(9)7-16-13(18)11-4-12(17)8-15-6-11/h2-6,8,17H,7H2,1H3,(H,16,18). The zero-order valence-electron chi connectivity index (χ0n) is 9.92. The summed E-state index contributed by atoms with van der Waals surface area (Å²) in [7, 11) is 0. The van der Waals surface area contributed by atoms with Crippen LogP contribution in [0.4, 0.5) is 0 Å². The molecule has 0 aromatic carbocycles. The third kappa shape index (κ3) is 2.82. The van der Waals surface area contributed by atoms with Crippen molar-refractivity contribution in [2.45, 2.75) is 13.5 Å². The number of hydrogen-bond acceptors (Lipinski definition) is 4. The van der Waals surface area contributed by atoms with E-state index < -0.39 is 0 Å². The van der Waals surface area contributed by atoms with Gasteiger partial charge in [-0.3, -0.25) is 14.8 Å². The molecule has 5 nitrogen and oxygen atoms in total. The lowest BCUT2D eigenvalue weighted by molar-refractivity contribution is 0.0950. The van der Waals surface area contributed by atoms with Crippen molar-refractivity contribution in [1.82, 2.24) is 15.3 Å². The van der Waals surface area contributed by atoms with Crippen LogP contribution in [0, 0.1) is 6.92 Å². The van der Waals surface area contributed by atoms with Gasteiger partial charge < -0.3 is 10.4 Å². The van der Waals surface area contributed by atoms with Gasteiger partial charge in [-0.1, -0.05) is 0 Å². The molecule has 92 valence electrons. The number of aryl methyl sites for hydroxylation is 1. The smallest absolute Gasteiger partial charge is 0.253 e. The molecule has 2 aromatic rings. The first-order valence-corrected chi connectivity index (χ1v) is 5.48. The molecule has 0 atom stereocenters. The summed E-state index contributed by atoms with van der Waals surface area (Å²) in [4.78, 5) is 19.5. The monoisotopic (exact) mass is 243 g/mol. The number of nitrogens with one attached hydrogen (secondary N) is 1. The number of aromatic hydroxyl groups is 1. The second-order valence-corrected chi connectivity index (χ2v) is 3.92. The van der Waals surface area contributed by atoms with Crippen LogP contribution in [0.25, 0.3) is 0 Å². The summed E-state index contributed by atoms with van der Waals surface area (Å²) in [5.41, 5.74) is 2.36. The molecule has 0 aliphatic heterocycles. The van der Waals surface area contributed by atoms with Gasteiger partial charge in [-0.15, -0.1) is 0 Å². The predicted molar refractivity (Wildman–Crippen MR) is 66.0 cm³/mol. The lowest BCUT2D eigenvalue weighted by atomic mass is 10.1. The van der Waals surface area contributed by atoms with Gasteiger partial charge in [0.2, 0.25) is 0 Å². The van der Waals surface area contributed by atoms with E-state index in [0.717, 1.165) is 11.1 Å². The Morgan fingerprint density at radius 2 is 2.17 bits per heavy atom. The van der Waals surface area contributed by atoms with Gasteiger partial charge in [-0.25, -0.2) is 0 Å². The molecular weight excluding hydrogens is 230 g/mol. The highest BCUT2D eigenvalue weighted by Gasteiger charge is 2.07. The molecule has 2 aromatic heterocycles. The van der Waals surface area contributed by atoms with Crippen molar-refractivity contribution in [1.29, 1.82) is 0 Å². The van der Waals surface area contributed by atoms with Crippen molar-refractivity contribution in [2.24, 2.45) is 0 Å². The fourth-order valence-corrected chi connectivity index (χ4v) is 1.53. The summed E-state index contributed by atoms with van der Waals surface area (Å²) in [5.74, 6) is -0.294. The minimum atomic E-state index is -0.269. The lowest BCUT2D eigenvalue weighted by Gasteiger charge is -2.07. The Kier molecular flexibility index (Phi) is 3.52. The van der Waals surface area contributed by atoms with E-state index in [4.69, 9.17) is 0 Å². The molecule has 0 bridgehead atoms. The van der Waals surface area contributed by atoms with E-state index in [1.165, 1.54) is 18.5 Å². The molecule has 0 saturated carbocycles. The fourth-order valence-electron chi connectivity index (χ4n) is 1.53. The Bertz CT molecular complexity index is 570. The van der Waals surface area contributed by atoms with Gasteiger partial charge in [0.05, 0.1) is 11.8 Å². The van der Waals surface area contributed by atoms with Crippen molar-refractivity contribution >= 4 is 5.91 Å². The highest BCUT2D eigenvalue weighted by Crippen LogP contribution is 2.09. The number of aromatic nitrogens is 2. The summed E-state index contributed by atoms with van der Waals surface area (Å²) in [5, 5.41) is 12.0. The summed E-state index contributed by atoms with van der Waals surface area (Å²) < 4.78 is 0. The Morgan fingerprint density at radius 3 is 2.89 bits per heavy atom. The summed E-state index contributed by atoms with van der Waals surface area (Å²) >= 11 is 0. The minimum Gasteiger partial charge on any atom is -0.506 e. The third-order valence-corrected chi connectivity index (χ3v) is 2.56. The van der Waals surface area contributed by atoms with Gasteiger partial charge in [0.25, 0.3) is 5.91 Å². The highest BCUT2D eigenvalue weighted by atomic mass is 16.3. The van der Waals surface area contributed by atoms with E-state index in [1.54, 1.807) is 12.4 Å². The first kappa shape index (κ1) is 12.0. The molecule has 0 spiro atoms. The molecule has 2 N–H and O–H groups in total. The Morgan fingerprint density at radius 1 is 1.33 bits per heavy atom. The number of carbonyl (C=O) groups excluding carboxylic acids is 1. The van der Waals surface area contributed by atoms with E-state index >= 15 is 0 Å². The van der Waals surface area contributed by atoms with Crippen LogP contribution in [0.5, 0.6) is 5.75 Å². The maximum absolute atomic E-state index is 11.8. The van der Waals surface area contributed by atoms with Crippen LogP contribution in [0.1, 0.15) is 21.5 Å². The van der Waals surface area contributed by atoms with Crippen LogP contribution in [-0.2, 0) is 6.54 Å². The fraction of sp³-hybridized carbons (Fsp3) is 0.154. The highest BCUT2D eigenvalue weighted by molar-refractivity contribution is 5.94. The molecule has 0 radical (unpaired) electrons. The minimum absolute atomic E-state index is 0.0252. The van der Waals surface area contributed by atoms with Crippen molar-refractivity contribution in [3.8, 4) is 5.75 Å². The number of pyridine rings is 2. The maximum Gasteiger partial charge on any atom is 0.253 e. The number of hydrogen-bond donors (Lipinski definition) is 2. The lowest BCUT2D eigenvalue weighted by Crippen LogP contribution is -2.23.